The molecule has 5 nitrogen and oxygen atoms in total. The molecule has 3 N–H and O–H groups in total. The van der Waals surface area contributed by atoms with Crippen LogP contribution in [0.2, 0.25) is 0 Å². The molecule has 1 unspecified atom stereocenters. The van der Waals surface area contributed by atoms with Gasteiger partial charge in [0, 0.05) is 32.7 Å². The smallest absolute Gasteiger partial charge is 0.0791 e. The second-order valence-corrected chi connectivity index (χ2v) is 6.60. The second-order valence-electron chi connectivity index (χ2n) is 6.60. The van der Waals surface area contributed by atoms with Gasteiger partial charge >= 0.3 is 0 Å². The molecule has 1 heterocycles. The quantitative estimate of drug-likeness (QED) is 0.651. The number of β-amino-alcohol motifs (C(OH)–C–C–N with tert-alkyl or cyclic N) is 1. The number of nitrogens with one attached hydrogen (secondary N) is 1. The highest BCUT2D eigenvalue weighted by Crippen LogP contribution is 2.31. The van der Waals surface area contributed by atoms with Crippen LogP contribution in [0.1, 0.15) is 32.6 Å². The summed E-state index contributed by atoms with van der Waals surface area (Å²) in [5.74, 6) is 0.738. The summed E-state index contributed by atoms with van der Waals surface area (Å²) in [6, 6.07) is 0. The van der Waals surface area contributed by atoms with Crippen LogP contribution in [-0.2, 0) is 4.74 Å². The van der Waals surface area contributed by atoms with Gasteiger partial charge in [-0.2, -0.15) is 0 Å². The summed E-state index contributed by atoms with van der Waals surface area (Å²) in [5.41, 5.74) is -0.564. The molecular weight excluding hydrogens is 256 g/mol. The molecule has 0 aromatic rings. The Bertz CT molecular complexity index is 274. The van der Waals surface area contributed by atoms with Gasteiger partial charge in [-0.15, -0.1) is 0 Å². The third-order valence-electron chi connectivity index (χ3n) is 4.61. The minimum atomic E-state index is -0.564. The lowest BCUT2D eigenvalue weighted by atomic mass is 9.79. The van der Waals surface area contributed by atoms with Crippen molar-refractivity contribution in [3.8, 4) is 0 Å². The number of ether oxygens (including phenoxy) is 1. The maximum absolute atomic E-state index is 10.5. The topological polar surface area (TPSA) is 65.0 Å². The molecule has 0 bridgehead atoms. The number of morpholine rings is 1. The molecule has 0 aromatic heterocycles. The lowest BCUT2D eigenvalue weighted by Gasteiger charge is -2.35. The fraction of sp³-hybridized carbons (Fsp3) is 1.00. The predicted octanol–water partition coefficient (Wildman–Crippen LogP) is 0.210. The van der Waals surface area contributed by atoms with Crippen LogP contribution in [0.25, 0.3) is 0 Å². The molecule has 0 aromatic carbocycles. The van der Waals surface area contributed by atoms with Crippen molar-refractivity contribution < 1.29 is 14.9 Å². The van der Waals surface area contributed by atoms with Crippen molar-refractivity contribution in [1.82, 2.24) is 10.2 Å². The highest BCUT2D eigenvalue weighted by atomic mass is 16.5. The van der Waals surface area contributed by atoms with Crippen molar-refractivity contribution in [2.24, 2.45) is 5.92 Å². The van der Waals surface area contributed by atoms with E-state index in [0.717, 1.165) is 57.9 Å². The summed E-state index contributed by atoms with van der Waals surface area (Å²) in [4.78, 5) is 2.23. The Hall–Kier alpha value is -0.200. The fourth-order valence-electron chi connectivity index (χ4n) is 3.09. The highest BCUT2D eigenvalue weighted by molar-refractivity contribution is 4.86. The van der Waals surface area contributed by atoms with Gasteiger partial charge in [0.2, 0.25) is 0 Å². The van der Waals surface area contributed by atoms with E-state index < -0.39 is 5.60 Å². The Morgan fingerprint density at radius 1 is 1.30 bits per heavy atom. The Morgan fingerprint density at radius 2 is 1.95 bits per heavy atom. The van der Waals surface area contributed by atoms with Crippen LogP contribution in [0.3, 0.4) is 0 Å². The molecular formula is C15H30N2O3. The van der Waals surface area contributed by atoms with Crippen LogP contribution in [-0.4, -0.2) is 72.8 Å². The van der Waals surface area contributed by atoms with Crippen molar-refractivity contribution in [3.05, 3.63) is 0 Å². The van der Waals surface area contributed by atoms with Gasteiger partial charge < -0.3 is 20.3 Å². The summed E-state index contributed by atoms with van der Waals surface area (Å²) in [5, 5.41) is 23.7. The highest BCUT2D eigenvalue weighted by Gasteiger charge is 2.31. The Kier molecular flexibility index (Phi) is 6.23. The van der Waals surface area contributed by atoms with Crippen molar-refractivity contribution >= 4 is 0 Å². The molecule has 0 radical (unpaired) electrons. The maximum atomic E-state index is 10.5. The van der Waals surface area contributed by atoms with Gasteiger partial charge in [-0.3, -0.25) is 4.90 Å². The average molecular weight is 286 g/mol. The lowest BCUT2D eigenvalue weighted by molar-refractivity contribution is -0.0111. The van der Waals surface area contributed by atoms with Crippen molar-refractivity contribution in [3.63, 3.8) is 0 Å². The van der Waals surface area contributed by atoms with E-state index in [1.165, 1.54) is 0 Å². The number of aliphatic hydroxyl groups is 2. The van der Waals surface area contributed by atoms with Gasteiger partial charge in [0.15, 0.2) is 0 Å². The van der Waals surface area contributed by atoms with Crippen LogP contribution < -0.4 is 5.32 Å². The summed E-state index contributed by atoms with van der Waals surface area (Å²) < 4.78 is 5.29. The van der Waals surface area contributed by atoms with Gasteiger partial charge in [-0.05, 0) is 31.6 Å². The average Bonchev–Trinajstić information content (AvgIpc) is 2.44. The first-order valence-electron chi connectivity index (χ1n) is 7.99. The van der Waals surface area contributed by atoms with E-state index in [9.17, 15) is 10.2 Å². The standard InChI is InChI=1S/C15H30N2O3/c1-13-2-4-15(19,5-3-13)12-16-10-14(18)11-17-6-8-20-9-7-17/h13-14,16,18-19H,2-12H2,1H3. The van der Waals surface area contributed by atoms with Gasteiger partial charge in [-0.25, -0.2) is 0 Å². The van der Waals surface area contributed by atoms with Gasteiger partial charge in [0.05, 0.1) is 24.9 Å². The molecule has 1 saturated carbocycles. The minimum Gasteiger partial charge on any atom is -0.390 e. The molecule has 1 atom stereocenters. The number of aliphatic hydroxyl groups excluding tert-OH is 1. The minimum absolute atomic E-state index is 0.376. The van der Waals surface area contributed by atoms with Crippen molar-refractivity contribution in [2.75, 3.05) is 45.9 Å². The molecule has 5 heteroatoms. The third-order valence-corrected chi connectivity index (χ3v) is 4.61. The molecule has 2 fully saturated rings. The summed E-state index contributed by atoms with van der Waals surface area (Å²) in [6.45, 7) is 7.41. The largest absolute Gasteiger partial charge is 0.390 e. The van der Waals surface area contributed by atoms with E-state index in [1.807, 2.05) is 0 Å². The van der Waals surface area contributed by atoms with E-state index in [2.05, 4.69) is 17.1 Å². The van der Waals surface area contributed by atoms with E-state index in [4.69, 9.17) is 4.74 Å². The fourth-order valence-corrected chi connectivity index (χ4v) is 3.09. The zero-order valence-electron chi connectivity index (χ0n) is 12.7. The first kappa shape index (κ1) is 16.2. The predicted molar refractivity (Wildman–Crippen MR) is 78.7 cm³/mol. The zero-order chi connectivity index (χ0) is 14.4. The SMILES string of the molecule is CC1CCC(O)(CNCC(O)CN2CCOCC2)CC1. The monoisotopic (exact) mass is 286 g/mol. The van der Waals surface area contributed by atoms with E-state index >= 15 is 0 Å². The maximum Gasteiger partial charge on any atom is 0.0791 e. The van der Waals surface area contributed by atoms with Crippen LogP contribution in [0, 0.1) is 5.92 Å². The molecule has 118 valence electrons. The second kappa shape index (κ2) is 7.71. The number of nitrogens with zero attached hydrogens (tertiary/aromatic N) is 1. The van der Waals surface area contributed by atoms with Crippen molar-refractivity contribution in [1.29, 1.82) is 0 Å². The molecule has 1 aliphatic carbocycles. The van der Waals surface area contributed by atoms with Crippen LogP contribution in [0.5, 0.6) is 0 Å². The third kappa shape index (κ3) is 5.30. The molecule has 0 amide bonds. The molecule has 0 spiro atoms. The molecule has 2 aliphatic rings. The number of hydrogen-bond acceptors (Lipinski definition) is 5. The van der Waals surface area contributed by atoms with Gasteiger partial charge in [-0.1, -0.05) is 6.92 Å². The van der Waals surface area contributed by atoms with Crippen LogP contribution >= 0.6 is 0 Å². The van der Waals surface area contributed by atoms with Gasteiger partial charge in [0.25, 0.3) is 0 Å². The Morgan fingerprint density at radius 3 is 2.60 bits per heavy atom. The van der Waals surface area contributed by atoms with E-state index in [-0.39, 0.29) is 6.10 Å². The first-order valence-corrected chi connectivity index (χ1v) is 7.99. The van der Waals surface area contributed by atoms with Crippen molar-refractivity contribution in [2.45, 2.75) is 44.3 Å². The molecule has 2 rings (SSSR count). The van der Waals surface area contributed by atoms with Crippen LogP contribution in [0.15, 0.2) is 0 Å². The van der Waals surface area contributed by atoms with E-state index in [1.54, 1.807) is 0 Å². The zero-order valence-corrected chi connectivity index (χ0v) is 12.7. The summed E-state index contributed by atoms with van der Waals surface area (Å²) in [7, 11) is 0. The van der Waals surface area contributed by atoms with Gasteiger partial charge in [0.1, 0.15) is 0 Å². The summed E-state index contributed by atoms with van der Waals surface area (Å²) in [6.07, 6.45) is 3.59. The molecule has 1 aliphatic heterocycles. The lowest BCUT2D eigenvalue weighted by Crippen LogP contribution is -2.48. The number of hydrogen-bond donors (Lipinski definition) is 3. The van der Waals surface area contributed by atoms with E-state index in [0.29, 0.717) is 19.6 Å². The van der Waals surface area contributed by atoms with Crippen LogP contribution in [0.4, 0.5) is 0 Å². The first-order chi connectivity index (χ1) is 9.57. The summed E-state index contributed by atoms with van der Waals surface area (Å²) >= 11 is 0. The normalized spacial score (nSPS) is 34.0. The number of rotatable bonds is 6. The molecule has 1 saturated heterocycles. The Labute approximate surface area is 122 Å². The Balaban J connectivity index is 1.59. The molecule has 20 heavy (non-hydrogen) atoms.